The molecule has 0 unspecified atom stereocenters. The molecule has 0 radical (unpaired) electrons. The van der Waals surface area contributed by atoms with Crippen molar-refractivity contribution in [1.82, 2.24) is 5.43 Å². The van der Waals surface area contributed by atoms with Gasteiger partial charge in [0, 0.05) is 16.3 Å². The van der Waals surface area contributed by atoms with Crippen LogP contribution in [0.2, 0.25) is 10.0 Å². The van der Waals surface area contributed by atoms with Crippen molar-refractivity contribution in [3.8, 4) is 23.0 Å². The molecule has 0 fully saturated rings. The lowest BCUT2D eigenvalue weighted by molar-refractivity contribution is -0.118. The number of methoxy groups -OCH3 is 1. The Morgan fingerprint density at radius 2 is 1.61 bits per heavy atom. The van der Waals surface area contributed by atoms with Gasteiger partial charge >= 0.3 is 0 Å². The summed E-state index contributed by atoms with van der Waals surface area (Å²) >= 11 is 12.2. The number of nitrogens with zero attached hydrogens (tertiary/aromatic N) is 1. The van der Waals surface area contributed by atoms with Crippen LogP contribution in [0.3, 0.4) is 0 Å². The van der Waals surface area contributed by atoms with Crippen molar-refractivity contribution in [2.24, 2.45) is 5.10 Å². The molecule has 3 aromatic rings. The van der Waals surface area contributed by atoms with E-state index >= 15 is 0 Å². The Labute approximate surface area is 230 Å². The SMILES string of the molecule is CCOc1ccc(C(=O)N/N=C/c2cc(Cl)c(OCC(=O)Nc3ccc(Cl)cc3)c(OC)c2)cc1OCC. The molecular formula is C27H27Cl2N3O6. The summed E-state index contributed by atoms with van der Waals surface area (Å²) in [5.41, 5.74) is 3.93. The van der Waals surface area contributed by atoms with E-state index < -0.39 is 5.91 Å². The molecule has 0 atom stereocenters. The molecule has 0 saturated carbocycles. The lowest BCUT2D eigenvalue weighted by Gasteiger charge is -2.13. The smallest absolute Gasteiger partial charge is 0.271 e. The number of carbonyl (C=O) groups excluding carboxylic acids is 2. The van der Waals surface area contributed by atoms with Crippen LogP contribution in [0.5, 0.6) is 23.0 Å². The fourth-order valence-electron chi connectivity index (χ4n) is 3.24. The lowest BCUT2D eigenvalue weighted by Crippen LogP contribution is -2.20. The van der Waals surface area contributed by atoms with Crippen molar-refractivity contribution < 1.29 is 28.5 Å². The van der Waals surface area contributed by atoms with Crippen molar-refractivity contribution in [3.63, 3.8) is 0 Å². The van der Waals surface area contributed by atoms with Gasteiger partial charge in [0.2, 0.25) is 0 Å². The standard InChI is InChI=1S/C27H27Cl2N3O6/c1-4-36-22-11-6-18(14-23(22)37-5-2)27(34)32-30-15-17-12-21(29)26(24(13-17)35-3)38-16-25(33)31-20-9-7-19(28)8-10-20/h6-15H,4-5,16H2,1-3H3,(H,31,33)(H,32,34)/b30-15+. The summed E-state index contributed by atoms with van der Waals surface area (Å²) < 4.78 is 22.0. The maximum Gasteiger partial charge on any atom is 0.271 e. The Morgan fingerprint density at radius 1 is 0.895 bits per heavy atom. The monoisotopic (exact) mass is 559 g/mol. The molecule has 2 amide bonds. The van der Waals surface area contributed by atoms with E-state index in [0.717, 1.165) is 0 Å². The first-order chi connectivity index (χ1) is 18.3. The zero-order chi connectivity index (χ0) is 27.5. The number of nitrogens with one attached hydrogen (secondary N) is 2. The molecule has 0 aliphatic carbocycles. The van der Waals surface area contributed by atoms with Gasteiger partial charge in [-0.3, -0.25) is 9.59 Å². The number of anilines is 1. The van der Waals surface area contributed by atoms with E-state index in [-0.39, 0.29) is 29.0 Å². The summed E-state index contributed by atoms with van der Waals surface area (Å²) in [4.78, 5) is 24.8. The largest absolute Gasteiger partial charge is 0.493 e. The maximum atomic E-state index is 12.6. The van der Waals surface area contributed by atoms with Gasteiger partial charge in [-0.1, -0.05) is 23.2 Å². The minimum atomic E-state index is -0.435. The van der Waals surface area contributed by atoms with Crippen LogP contribution in [0, 0.1) is 0 Å². The number of carbonyl (C=O) groups is 2. The molecule has 0 spiro atoms. The highest BCUT2D eigenvalue weighted by atomic mass is 35.5. The van der Waals surface area contributed by atoms with Crippen molar-refractivity contribution in [1.29, 1.82) is 0 Å². The summed E-state index contributed by atoms with van der Waals surface area (Å²) in [5.74, 6) is 0.688. The quantitative estimate of drug-likeness (QED) is 0.221. The predicted molar refractivity (Wildman–Crippen MR) is 147 cm³/mol. The number of halogens is 2. The third-order valence-electron chi connectivity index (χ3n) is 4.91. The fourth-order valence-corrected chi connectivity index (χ4v) is 3.64. The molecule has 0 saturated heterocycles. The summed E-state index contributed by atoms with van der Waals surface area (Å²) in [5, 5.41) is 7.46. The van der Waals surface area contributed by atoms with Crippen molar-refractivity contribution >= 4 is 46.9 Å². The lowest BCUT2D eigenvalue weighted by atomic mass is 10.2. The molecule has 0 bridgehead atoms. The average molecular weight is 560 g/mol. The van der Waals surface area contributed by atoms with Crippen LogP contribution in [-0.4, -0.2) is 45.0 Å². The number of hydrogen-bond acceptors (Lipinski definition) is 7. The van der Waals surface area contributed by atoms with Gasteiger partial charge in [0.1, 0.15) is 0 Å². The van der Waals surface area contributed by atoms with Gasteiger partial charge in [-0.25, -0.2) is 5.43 Å². The average Bonchev–Trinajstić information content (AvgIpc) is 2.90. The molecule has 38 heavy (non-hydrogen) atoms. The Hall–Kier alpha value is -3.95. The van der Waals surface area contributed by atoms with Crippen LogP contribution in [0.4, 0.5) is 5.69 Å². The normalized spacial score (nSPS) is 10.7. The Morgan fingerprint density at radius 3 is 2.29 bits per heavy atom. The molecule has 9 nitrogen and oxygen atoms in total. The highest BCUT2D eigenvalue weighted by Crippen LogP contribution is 2.36. The van der Waals surface area contributed by atoms with E-state index in [1.807, 2.05) is 13.8 Å². The van der Waals surface area contributed by atoms with Crippen LogP contribution in [0.15, 0.2) is 59.7 Å². The minimum Gasteiger partial charge on any atom is -0.493 e. The van der Waals surface area contributed by atoms with E-state index in [2.05, 4.69) is 15.8 Å². The van der Waals surface area contributed by atoms with Crippen molar-refractivity contribution in [2.75, 3.05) is 32.2 Å². The number of benzene rings is 3. The molecule has 200 valence electrons. The number of hydrogen-bond donors (Lipinski definition) is 2. The summed E-state index contributed by atoms with van der Waals surface area (Å²) in [6.07, 6.45) is 1.40. The number of rotatable bonds is 12. The summed E-state index contributed by atoms with van der Waals surface area (Å²) in [6.45, 7) is 4.32. The van der Waals surface area contributed by atoms with E-state index in [1.165, 1.54) is 13.3 Å². The maximum absolute atomic E-state index is 12.6. The Balaban J connectivity index is 1.63. The second kappa shape index (κ2) is 14.1. The van der Waals surface area contributed by atoms with E-state index in [9.17, 15) is 9.59 Å². The third-order valence-corrected chi connectivity index (χ3v) is 5.45. The van der Waals surface area contributed by atoms with Gasteiger partial charge in [0.15, 0.2) is 29.6 Å². The Bertz CT molecular complexity index is 1300. The number of ether oxygens (including phenoxy) is 4. The highest BCUT2D eigenvalue weighted by Gasteiger charge is 2.15. The zero-order valence-electron chi connectivity index (χ0n) is 21.0. The second-order valence-corrected chi connectivity index (χ2v) is 8.45. The van der Waals surface area contributed by atoms with Gasteiger partial charge in [-0.15, -0.1) is 0 Å². The zero-order valence-corrected chi connectivity index (χ0v) is 22.6. The molecule has 0 aliphatic heterocycles. The fraction of sp³-hybridized carbons (Fsp3) is 0.222. The van der Waals surface area contributed by atoms with Crippen LogP contribution < -0.4 is 29.7 Å². The Kier molecular flexibility index (Phi) is 10.6. The van der Waals surface area contributed by atoms with Crippen LogP contribution in [0.1, 0.15) is 29.8 Å². The molecule has 0 aromatic heterocycles. The van der Waals surface area contributed by atoms with Gasteiger partial charge < -0.3 is 24.3 Å². The molecule has 3 rings (SSSR count). The van der Waals surface area contributed by atoms with Gasteiger partial charge in [-0.2, -0.15) is 5.10 Å². The summed E-state index contributed by atoms with van der Waals surface area (Å²) in [7, 11) is 1.44. The van der Waals surface area contributed by atoms with Crippen LogP contribution in [0.25, 0.3) is 0 Å². The van der Waals surface area contributed by atoms with E-state index in [0.29, 0.717) is 46.5 Å². The van der Waals surface area contributed by atoms with Crippen LogP contribution >= 0.6 is 23.2 Å². The number of hydrazone groups is 1. The minimum absolute atomic E-state index is 0.194. The van der Waals surface area contributed by atoms with Crippen molar-refractivity contribution in [2.45, 2.75) is 13.8 Å². The predicted octanol–water partition coefficient (Wildman–Crippen LogP) is 5.58. The van der Waals surface area contributed by atoms with Gasteiger partial charge in [-0.05, 0) is 74.0 Å². The molecular weight excluding hydrogens is 533 g/mol. The van der Waals surface area contributed by atoms with Gasteiger partial charge in [0.25, 0.3) is 11.8 Å². The molecule has 11 heteroatoms. The second-order valence-electron chi connectivity index (χ2n) is 7.60. The molecule has 0 aliphatic rings. The van der Waals surface area contributed by atoms with Gasteiger partial charge in [0.05, 0.1) is 31.6 Å². The molecule has 2 N–H and O–H groups in total. The number of amides is 2. The molecule has 3 aromatic carbocycles. The third kappa shape index (κ3) is 8.03. The highest BCUT2D eigenvalue weighted by molar-refractivity contribution is 6.32. The van der Waals surface area contributed by atoms with E-state index in [4.69, 9.17) is 42.1 Å². The van der Waals surface area contributed by atoms with Crippen LogP contribution in [-0.2, 0) is 4.79 Å². The first-order valence-electron chi connectivity index (χ1n) is 11.6. The molecule has 0 heterocycles. The van der Waals surface area contributed by atoms with Crippen molar-refractivity contribution in [3.05, 3.63) is 75.8 Å². The van der Waals surface area contributed by atoms with E-state index in [1.54, 1.807) is 54.6 Å². The first-order valence-corrected chi connectivity index (χ1v) is 12.4. The topological polar surface area (TPSA) is 107 Å². The first kappa shape index (κ1) is 28.6. The summed E-state index contributed by atoms with van der Waals surface area (Å²) in [6, 6.07) is 14.7.